The number of benzene rings is 4. The zero-order valence-corrected chi connectivity index (χ0v) is 36.6. The number of ether oxygens (including phenoxy) is 4. The van der Waals surface area contributed by atoms with Crippen molar-refractivity contribution in [3.63, 3.8) is 0 Å². The summed E-state index contributed by atoms with van der Waals surface area (Å²) >= 11 is 0. The Morgan fingerprint density at radius 2 is 1.78 bits per heavy atom. The van der Waals surface area contributed by atoms with Crippen molar-refractivity contribution in [2.45, 2.75) is 107 Å². The number of unbranched alkanes of at least 4 members (excludes halogenated alkanes) is 3. The maximum absolute atomic E-state index is 11.5. The Balaban J connectivity index is 1.07. The molecule has 5 aromatic rings. The first-order chi connectivity index (χ1) is 30.9. The molecule has 1 saturated heterocycles. The molecule has 0 amide bonds. The van der Waals surface area contributed by atoms with Crippen LogP contribution in [0.3, 0.4) is 0 Å². The van der Waals surface area contributed by atoms with E-state index in [0.717, 1.165) is 97.7 Å². The van der Waals surface area contributed by atoms with E-state index in [1.165, 1.54) is 22.3 Å². The number of phenols is 2. The topological polar surface area (TPSA) is 127 Å². The van der Waals surface area contributed by atoms with Crippen molar-refractivity contribution in [2.24, 2.45) is 5.92 Å². The van der Waals surface area contributed by atoms with Gasteiger partial charge in [-0.1, -0.05) is 73.9 Å². The van der Waals surface area contributed by atoms with E-state index in [2.05, 4.69) is 76.1 Å². The molecule has 1 unspecified atom stereocenters. The number of aryl methyl sites for hydroxylation is 3. The van der Waals surface area contributed by atoms with Crippen molar-refractivity contribution in [3.05, 3.63) is 142 Å². The van der Waals surface area contributed by atoms with E-state index in [1.807, 2.05) is 24.3 Å². The Bertz CT molecular complexity index is 2410. The number of aliphatic hydroxyl groups is 1. The van der Waals surface area contributed by atoms with Gasteiger partial charge in [0.05, 0.1) is 38.3 Å². The van der Waals surface area contributed by atoms with Crippen LogP contribution in [0.5, 0.6) is 17.2 Å². The first-order valence-electron chi connectivity index (χ1n) is 23.1. The van der Waals surface area contributed by atoms with Crippen LogP contribution >= 0.6 is 0 Å². The molecule has 10 nitrogen and oxygen atoms in total. The number of nitrogens with zero attached hydrogens (tertiary/aromatic N) is 1. The highest BCUT2D eigenvalue weighted by atomic mass is 16.5. The van der Waals surface area contributed by atoms with Gasteiger partial charge in [0.1, 0.15) is 18.2 Å². The smallest absolute Gasteiger partial charge is 0.161 e. The van der Waals surface area contributed by atoms with Crippen LogP contribution < -0.4 is 15.4 Å². The van der Waals surface area contributed by atoms with Crippen molar-refractivity contribution in [3.8, 4) is 17.2 Å². The van der Waals surface area contributed by atoms with Gasteiger partial charge in [-0.05, 0) is 133 Å². The monoisotopic (exact) mass is 853 g/mol. The molecule has 3 aliphatic heterocycles. The molecule has 4 bridgehead atoms. The van der Waals surface area contributed by atoms with Gasteiger partial charge >= 0.3 is 0 Å². The van der Waals surface area contributed by atoms with Crippen LogP contribution in [-0.2, 0) is 45.5 Å². The number of methoxy groups -OCH3 is 1. The summed E-state index contributed by atoms with van der Waals surface area (Å²) in [5, 5.41) is 41.6. The Hall–Kier alpha value is -5.10. The molecular weight excluding hydrogens is 791 g/mol. The second-order valence-electron chi connectivity index (χ2n) is 18.1. The second kappa shape index (κ2) is 19.7. The molecule has 63 heavy (non-hydrogen) atoms. The molecule has 10 heteroatoms. The number of aliphatic hydroxyl groups excluding tert-OH is 1. The van der Waals surface area contributed by atoms with Gasteiger partial charge in [-0.2, -0.15) is 0 Å². The van der Waals surface area contributed by atoms with Crippen molar-refractivity contribution in [1.29, 1.82) is 0 Å². The van der Waals surface area contributed by atoms with Crippen LogP contribution in [0.2, 0.25) is 0 Å². The van der Waals surface area contributed by atoms with Crippen molar-refractivity contribution in [1.82, 2.24) is 15.2 Å². The molecule has 4 aromatic carbocycles. The summed E-state index contributed by atoms with van der Waals surface area (Å²) in [5.74, 6) is 2.10. The van der Waals surface area contributed by atoms with E-state index < -0.39 is 6.10 Å². The number of rotatable bonds is 11. The van der Waals surface area contributed by atoms with Crippen LogP contribution in [-0.4, -0.2) is 71.9 Å². The summed E-state index contributed by atoms with van der Waals surface area (Å²) in [4.78, 5) is 0. The van der Waals surface area contributed by atoms with Gasteiger partial charge in [-0.15, -0.1) is 0 Å². The molecule has 5 N–H and O–H groups in total. The summed E-state index contributed by atoms with van der Waals surface area (Å²) in [5.41, 5.74) is 8.22. The first-order valence-corrected chi connectivity index (χ1v) is 23.1. The zero-order valence-electron chi connectivity index (χ0n) is 36.6. The Labute approximate surface area is 371 Å². The number of phenolic OH excluding ortho intramolecular Hbond substituents is 2. The minimum atomic E-state index is -0.557. The molecule has 0 spiro atoms. The minimum Gasteiger partial charge on any atom is -0.508 e. The SMILES string of the molecule is COCNC1C=CC2=C(N1)n1cc3cc([C@]45CCOC[C@@H]4CCc4ccccc45)cc(c3c1)COc1cc(ccc1O)CC[C@@H](O)C[C@H](CCCCCCc1ccc(O)cc1)OC2. The van der Waals surface area contributed by atoms with Crippen molar-refractivity contribution in [2.75, 3.05) is 33.7 Å². The second-order valence-corrected chi connectivity index (χ2v) is 18.1. The van der Waals surface area contributed by atoms with E-state index >= 15 is 0 Å². The Morgan fingerprint density at radius 1 is 0.905 bits per heavy atom. The van der Waals surface area contributed by atoms with Gasteiger partial charge in [-0.25, -0.2) is 0 Å². The Morgan fingerprint density at radius 3 is 2.67 bits per heavy atom. The lowest BCUT2D eigenvalue weighted by Gasteiger charge is -2.49. The molecule has 0 saturated carbocycles. The fourth-order valence-corrected chi connectivity index (χ4v) is 10.5. The molecule has 1 fully saturated rings. The third-order valence-corrected chi connectivity index (χ3v) is 13.9. The highest BCUT2D eigenvalue weighted by Gasteiger charge is 2.47. The van der Waals surface area contributed by atoms with Gasteiger partial charge in [0.2, 0.25) is 0 Å². The van der Waals surface area contributed by atoms with Crippen molar-refractivity contribution < 1.29 is 34.3 Å². The molecule has 9 rings (SSSR count). The minimum absolute atomic E-state index is 0.0992. The maximum Gasteiger partial charge on any atom is 0.161 e. The van der Waals surface area contributed by atoms with Crippen LogP contribution in [0.15, 0.2) is 109 Å². The number of hydrogen-bond acceptors (Lipinski definition) is 9. The average molecular weight is 854 g/mol. The Kier molecular flexibility index (Phi) is 13.5. The van der Waals surface area contributed by atoms with E-state index in [0.29, 0.717) is 56.6 Å². The van der Waals surface area contributed by atoms with Crippen LogP contribution in [0.4, 0.5) is 0 Å². The van der Waals surface area contributed by atoms with Gasteiger partial charge in [0, 0.05) is 47.9 Å². The molecule has 1 aliphatic carbocycles. The normalized spacial score (nSPS) is 23.8. The van der Waals surface area contributed by atoms with E-state index in [9.17, 15) is 15.3 Å². The zero-order chi connectivity index (χ0) is 43.2. The summed E-state index contributed by atoms with van der Waals surface area (Å²) in [7, 11) is 1.68. The van der Waals surface area contributed by atoms with Crippen molar-refractivity contribution >= 4 is 16.6 Å². The third kappa shape index (κ3) is 9.71. The summed E-state index contributed by atoms with van der Waals surface area (Å²) in [6.07, 6.45) is 18.7. The lowest BCUT2D eigenvalue weighted by molar-refractivity contribution is 0.00498. The number of dihydropyridines is 1. The molecule has 4 aliphatic rings. The van der Waals surface area contributed by atoms with E-state index in [1.54, 1.807) is 25.3 Å². The fourth-order valence-electron chi connectivity index (χ4n) is 10.5. The van der Waals surface area contributed by atoms with Crippen LogP contribution in [0.1, 0.15) is 91.2 Å². The van der Waals surface area contributed by atoms with Gasteiger partial charge < -0.3 is 44.2 Å². The standard InChI is InChI=1S/C53H63N3O7/c1-60-35-54-51-23-17-39-32-62-46(10-5-3-2-4-8-36-12-19-44(57)20-13-36)29-45(58)21-14-37-15-22-49(59)50(26-37)63-33-41-28-43(27-40-30-56(31-47(40)41)52(39)55-51)53-24-25-61-34-42(53)18-16-38-9-6-7-11-48(38)53/h6-7,9,11-13,15,17,19-20,22-23,26-28,30-31,42,45-46,51,54-55,57-59H,2-5,8,10,14,16,18,21,24-25,29,32-35H2,1H3/t42-,45+,46-,51?,53-/m0/s1. The fraction of sp³-hybridized carbons (Fsp3) is 0.434. The molecule has 4 heterocycles. The lowest BCUT2D eigenvalue weighted by atomic mass is 9.57. The predicted octanol–water partition coefficient (Wildman–Crippen LogP) is 9.02. The van der Waals surface area contributed by atoms with Crippen LogP contribution in [0, 0.1) is 5.92 Å². The quantitative estimate of drug-likeness (QED) is 0.0654. The van der Waals surface area contributed by atoms with E-state index in [-0.39, 0.29) is 30.0 Å². The lowest BCUT2D eigenvalue weighted by Crippen LogP contribution is -2.47. The molecule has 5 atom stereocenters. The molecule has 1 aromatic heterocycles. The molecule has 332 valence electrons. The number of hydrogen-bond donors (Lipinski definition) is 5. The summed E-state index contributed by atoms with van der Waals surface area (Å²) in [6, 6.07) is 26.8. The summed E-state index contributed by atoms with van der Waals surface area (Å²) in [6.45, 7) is 2.48. The average Bonchev–Trinajstić information content (AvgIpc) is 3.75. The summed E-state index contributed by atoms with van der Waals surface area (Å²) < 4.78 is 27.2. The first kappa shape index (κ1) is 43.2. The number of aromatic nitrogens is 1. The van der Waals surface area contributed by atoms with E-state index in [4.69, 9.17) is 18.9 Å². The third-order valence-electron chi connectivity index (χ3n) is 13.9. The number of aromatic hydroxyl groups is 2. The van der Waals surface area contributed by atoms with Gasteiger partial charge in [0.25, 0.3) is 0 Å². The number of fused-ring (bicyclic) bond motifs is 7. The highest BCUT2D eigenvalue weighted by Crippen LogP contribution is 2.52. The van der Waals surface area contributed by atoms with Gasteiger partial charge in [0.15, 0.2) is 11.5 Å². The number of nitrogens with one attached hydrogen (secondary N) is 2. The van der Waals surface area contributed by atoms with Crippen LogP contribution in [0.25, 0.3) is 16.6 Å². The molecule has 0 radical (unpaired) electrons. The predicted molar refractivity (Wildman–Crippen MR) is 247 cm³/mol. The molecular formula is C53H63N3O7. The maximum atomic E-state index is 11.5. The largest absolute Gasteiger partial charge is 0.508 e. The van der Waals surface area contributed by atoms with Gasteiger partial charge in [-0.3, -0.25) is 5.32 Å². The highest BCUT2D eigenvalue weighted by molar-refractivity contribution is 5.88.